The quantitative estimate of drug-likeness (QED) is 0.839. The Labute approximate surface area is 147 Å². The second kappa shape index (κ2) is 8.42. The third kappa shape index (κ3) is 5.14. The summed E-state index contributed by atoms with van der Waals surface area (Å²) in [6.07, 6.45) is 0.927. The molecule has 0 aliphatic heterocycles. The molecule has 0 unspecified atom stereocenters. The zero-order valence-corrected chi connectivity index (χ0v) is 14.7. The minimum Gasteiger partial charge on any atom is -0.340 e. The first-order valence-corrected chi connectivity index (χ1v) is 8.37. The van der Waals surface area contributed by atoms with E-state index in [0.717, 1.165) is 6.42 Å². The number of benzene rings is 2. The first-order chi connectivity index (χ1) is 11.9. The van der Waals surface area contributed by atoms with E-state index in [4.69, 9.17) is 0 Å². The molecule has 0 spiro atoms. The largest absolute Gasteiger partial charge is 0.340 e. The van der Waals surface area contributed by atoms with Gasteiger partial charge in [0.05, 0.1) is 0 Å². The van der Waals surface area contributed by atoms with Gasteiger partial charge in [0.25, 0.3) is 5.91 Å². The van der Waals surface area contributed by atoms with Crippen molar-refractivity contribution in [2.45, 2.75) is 33.2 Å². The number of nitrogens with one attached hydrogen (secondary N) is 2. The van der Waals surface area contributed by atoms with Crippen LogP contribution in [0.15, 0.2) is 48.5 Å². The van der Waals surface area contributed by atoms with Gasteiger partial charge in [-0.25, -0.2) is 4.39 Å². The van der Waals surface area contributed by atoms with Gasteiger partial charge in [0.1, 0.15) is 11.9 Å². The number of amides is 2. The summed E-state index contributed by atoms with van der Waals surface area (Å²) in [5.41, 5.74) is 2.18. The molecule has 25 heavy (non-hydrogen) atoms. The molecule has 2 amide bonds. The molecular formula is C20H23FN2O2. The molecule has 2 rings (SSSR count). The summed E-state index contributed by atoms with van der Waals surface area (Å²) < 4.78 is 13.0. The number of carbonyl (C=O) groups is 2. The van der Waals surface area contributed by atoms with Gasteiger partial charge in [-0.15, -0.1) is 0 Å². The van der Waals surface area contributed by atoms with Crippen molar-refractivity contribution in [3.05, 3.63) is 65.5 Å². The minimum atomic E-state index is -0.691. The number of anilines is 1. The maximum absolute atomic E-state index is 13.0. The average Bonchev–Trinajstić information content (AvgIpc) is 2.60. The summed E-state index contributed by atoms with van der Waals surface area (Å²) in [6, 6.07) is 12.1. The molecule has 2 aromatic rings. The number of hydrogen-bond acceptors (Lipinski definition) is 2. The second-order valence-corrected chi connectivity index (χ2v) is 6.24. The molecule has 0 heterocycles. The number of halogens is 1. The summed E-state index contributed by atoms with van der Waals surface area (Å²) in [6.45, 7) is 5.78. The van der Waals surface area contributed by atoms with E-state index in [1.165, 1.54) is 29.8 Å². The van der Waals surface area contributed by atoms with Crippen LogP contribution in [-0.4, -0.2) is 17.9 Å². The van der Waals surface area contributed by atoms with Crippen molar-refractivity contribution >= 4 is 17.5 Å². The van der Waals surface area contributed by atoms with Gasteiger partial charge in [-0.05, 0) is 54.3 Å². The Balaban J connectivity index is 2.06. The Kier molecular flexibility index (Phi) is 6.28. The van der Waals surface area contributed by atoms with E-state index in [1.807, 2.05) is 38.1 Å². The van der Waals surface area contributed by atoms with E-state index >= 15 is 0 Å². The van der Waals surface area contributed by atoms with Crippen LogP contribution in [0.3, 0.4) is 0 Å². The lowest BCUT2D eigenvalue weighted by atomic mass is 10.0. The predicted molar refractivity (Wildman–Crippen MR) is 96.9 cm³/mol. The van der Waals surface area contributed by atoms with Gasteiger partial charge in [-0.2, -0.15) is 0 Å². The fraction of sp³-hybridized carbons (Fsp3) is 0.300. The van der Waals surface area contributed by atoms with Crippen molar-refractivity contribution < 1.29 is 14.0 Å². The zero-order valence-electron chi connectivity index (χ0n) is 14.7. The Morgan fingerprint density at radius 1 is 1.00 bits per heavy atom. The second-order valence-electron chi connectivity index (χ2n) is 6.24. The molecule has 2 aromatic carbocycles. The molecule has 0 fully saturated rings. The van der Waals surface area contributed by atoms with Crippen LogP contribution in [0, 0.1) is 11.7 Å². The first kappa shape index (κ1) is 18.6. The molecule has 4 nitrogen and oxygen atoms in total. The zero-order chi connectivity index (χ0) is 18.4. The van der Waals surface area contributed by atoms with Crippen molar-refractivity contribution in [2.75, 3.05) is 5.32 Å². The lowest BCUT2D eigenvalue weighted by Gasteiger charge is -2.22. The number of aryl methyl sites for hydroxylation is 1. The van der Waals surface area contributed by atoms with Crippen LogP contribution < -0.4 is 10.6 Å². The van der Waals surface area contributed by atoms with E-state index in [9.17, 15) is 14.0 Å². The van der Waals surface area contributed by atoms with Crippen LogP contribution in [0.4, 0.5) is 10.1 Å². The minimum absolute atomic E-state index is 0.0979. The fourth-order valence-corrected chi connectivity index (χ4v) is 2.40. The molecule has 132 valence electrons. The van der Waals surface area contributed by atoms with Crippen LogP contribution in [0.2, 0.25) is 0 Å². The number of hydrogen-bond donors (Lipinski definition) is 2. The van der Waals surface area contributed by atoms with E-state index in [2.05, 4.69) is 17.6 Å². The van der Waals surface area contributed by atoms with E-state index in [1.54, 1.807) is 0 Å². The summed E-state index contributed by atoms with van der Waals surface area (Å²) >= 11 is 0. The normalized spacial score (nSPS) is 11.9. The SMILES string of the molecule is CCc1ccc(NC(=O)[C@@H](NC(=O)c2ccc(F)cc2)C(C)C)cc1. The van der Waals surface area contributed by atoms with Gasteiger partial charge in [-0.1, -0.05) is 32.9 Å². The predicted octanol–water partition coefficient (Wildman–Crippen LogP) is 3.78. The average molecular weight is 342 g/mol. The molecule has 0 bridgehead atoms. The summed E-state index contributed by atoms with van der Waals surface area (Å²) in [5.74, 6) is -1.20. The maximum Gasteiger partial charge on any atom is 0.251 e. The monoisotopic (exact) mass is 342 g/mol. The van der Waals surface area contributed by atoms with E-state index in [-0.39, 0.29) is 11.8 Å². The lowest BCUT2D eigenvalue weighted by molar-refractivity contribution is -0.118. The van der Waals surface area contributed by atoms with Crippen molar-refractivity contribution in [3.8, 4) is 0 Å². The van der Waals surface area contributed by atoms with Crippen molar-refractivity contribution in [3.63, 3.8) is 0 Å². The highest BCUT2D eigenvalue weighted by atomic mass is 19.1. The maximum atomic E-state index is 13.0. The molecular weight excluding hydrogens is 319 g/mol. The molecule has 0 saturated carbocycles. The van der Waals surface area contributed by atoms with Crippen molar-refractivity contribution in [1.29, 1.82) is 0 Å². The highest BCUT2D eigenvalue weighted by molar-refractivity contribution is 6.01. The Morgan fingerprint density at radius 3 is 2.12 bits per heavy atom. The van der Waals surface area contributed by atoms with Gasteiger partial charge in [-0.3, -0.25) is 9.59 Å². The third-order valence-electron chi connectivity index (χ3n) is 3.97. The standard InChI is InChI=1S/C20H23FN2O2/c1-4-14-5-11-17(12-6-14)22-20(25)18(13(2)3)23-19(24)15-7-9-16(21)10-8-15/h5-13,18H,4H2,1-3H3,(H,22,25)(H,23,24)/t18-/m0/s1. The van der Waals surface area contributed by atoms with E-state index < -0.39 is 17.8 Å². The van der Waals surface area contributed by atoms with Crippen molar-refractivity contribution in [2.24, 2.45) is 5.92 Å². The molecule has 0 aliphatic rings. The van der Waals surface area contributed by atoms with Gasteiger partial charge < -0.3 is 10.6 Å². The first-order valence-electron chi connectivity index (χ1n) is 8.37. The molecule has 0 radical (unpaired) electrons. The molecule has 0 aliphatic carbocycles. The Morgan fingerprint density at radius 2 is 1.60 bits per heavy atom. The van der Waals surface area contributed by atoms with Gasteiger partial charge in [0.2, 0.25) is 5.91 Å². The number of carbonyl (C=O) groups excluding carboxylic acids is 2. The van der Waals surface area contributed by atoms with Crippen LogP contribution in [0.5, 0.6) is 0 Å². The smallest absolute Gasteiger partial charge is 0.251 e. The van der Waals surface area contributed by atoms with Crippen LogP contribution in [-0.2, 0) is 11.2 Å². The van der Waals surface area contributed by atoms with Crippen LogP contribution in [0.1, 0.15) is 36.7 Å². The Bertz CT molecular complexity index is 724. The van der Waals surface area contributed by atoms with Crippen LogP contribution in [0.25, 0.3) is 0 Å². The number of rotatable bonds is 6. The highest BCUT2D eigenvalue weighted by Gasteiger charge is 2.24. The van der Waals surface area contributed by atoms with Gasteiger partial charge >= 0.3 is 0 Å². The highest BCUT2D eigenvalue weighted by Crippen LogP contribution is 2.13. The van der Waals surface area contributed by atoms with Crippen molar-refractivity contribution in [1.82, 2.24) is 5.32 Å². The molecule has 5 heteroatoms. The molecule has 0 aromatic heterocycles. The van der Waals surface area contributed by atoms with Gasteiger partial charge in [0, 0.05) is 11.3 Å². The van der Waals surface area contributed by atoms with E-state index in [0.29, 0.717) is 11.3 Å². The molecule has 0 saturated heterocycles. The summed E-state index contributed by atoms with van der Waals surface area (Å²) in [5, 5.41) is 5.55. The summed E-state index contributed by atoms with van der Waals surface area (Å²) in [4.78, 5) is 24.8. The van der Waals surface area contributed by atoms with Gasteiger partial charge in [0.15, 0.2) is 0 Å². The fourth-order valence-electron chi connectivity index (χ4n) is 2.40. The summed E-state index contributed by atoms with van der Waals surface area (Å²) in [7, 11) is 0. The molecule has 1 atom stereocenters. The third-order valence-corrected chi connectivity index (χ3v) is 3.97. The lowest BCUT2D eigenvalue weighted by Crippen LogP contribution is -2.47. The molecule has 2 N–H and O–H groups in total. The topological polar surface area (TPSA) is 58.2 Å². The Hall–Kier alpha value is -2.69. The van der Waals surface area contributed by atoms with Crippen LogP contribution >= 0.6 is 0 Å².